The van der Waals surface area contributed by atoms with Crippen molar-refractivity contribution < 1.29 is 14.3 Å². The van der Waals surface area contributed by atoms with E-state index in [1.165, 1.54) is 24.4 Å². The summed E-state index contributed by atoms with van der Waals surface area (Å²) in [7, 11) is 0. The number of carbonyl (C=O) groups excluding carboxylic acids is 1. The van der Waals surface area contributed by atoms with Crippen LogP contribution < -0.4 is 5.32 Å². The molecule has 2 aromatic rings. The number of nitrogens with one attached hydrogen (secondary N) is 1. The van der Waals surface area contributed by atoms with Crippen LogP contribution in [0.1, 0.15) is 29.7 Å². The Balaban J connectivity index is 1.87. The number of nitrogens with zero attached hydrogens (tertiary/aromatic N) is 4. The van der Waals surface area contributed by atoms with Gasteiger partial charge in [-0.15, -0.1) is 0 Å². The van der Waals surface area contributed by atoms with Crippen molar-refractivity contribution in [1.29, 1.82) is 0 Å². The summed E-state index contributed by atoms with van der Waals surface area (Å²) in [4.78, 5) is 19.4. The number of alkyl halides is 1. The number of rotatable bonds is 5. The largest absolute Gasteiger partial charge is 0.383 e. The predicted octanol–water partition coefficient (Wildman–Crippen LogP) is 4.16. The third-order valence-corrected chi connectivity index (χ3v) is 5.36. The maximum Gasteiger partial charge on any atom is 0.262 e. The second-order valence-corrected chi connectivity index (χ2v) is 7.38. The van der Waals surface area contributed by atoms with Gasteiger partial charge >= 0.3 is 0 Å². The first kappa shape index (κ1) is 20.4. The maximum absolute atomic E-state index is 15.8. The first-order valence-corrected chi connectivity index (χ1v) is 9.16. The fourth-order valence-electron chi connectivity index (χ4n) is 3.25. The number of carbonyl (C=O) groups is 1. The quantitative estimate of drug-likeness (QED) is 0.427. The van der Waals surface area contributed by atoms with Gasteiger partial charge in [0.25, 0.3) is 5.91 Å². The lowest BCUT2D eigenvalue weighted by atomic mass is 9.74. The van der Waals surface area contributed by atoms with Crippen molar-refractivity contribution >= 4 is 29.1 Å². The van der Waals surface area contributed by atoms with Crippen molar-refractivity contribution in [3.05, 3.63) is 73.8 Å². The van der Waals surface area contributed by atoms with E-state index in [9.17, 15) is 9.90 Å². The van der Waals surface area contributed by atoms with E-state index in [0.29, 0.717) is 15.6 Å². The molecule has 28 heavy (non-hydrogen) atoms. The van der Waals surface area contributed by atoms with Crippen LogP contribution in [-0.4, -0.2) is 22.5 Å². The number of hydrogen-bond donors (Lipinski definition) is 2. The van der Waals surface area contributed by atoms with Crippen molar-refractivity contribution in [1.82, 2.24) is 10.3 Å². The first-order valence-electron chi connectivity index (χ1n) is 8.40. The molecule has 1 amide bonds. The molecule has 7 nitrogen and oxygen atoms in total. The van der Waals surface area contributed by atoms with Gasteiger partial charge in [-0.25, -0.2) is 4.39 Å². The number of benzene rings is 1. The topological polar surface area (TPSA) is 111 Å². The van der Waals surface area contributed by atoms with Gasteiger partial charge in [0, 0.05) is 33.3 Å². The number of amides is 1. The van der Waals surface area contributed by atoms with E-state index in [1.807, 2.05) is 0 Å². The van der Waals surface area contributed by atoms with Crippen molar-refractivity contribution in [2.24, 2.45) is 5.11 Å². The Bertz CT molecular complexity index is 969. The molecule has 2 atom stereocenters. The Labute approximate surface area is 170 Å². The molecule has 2 unspecified atom stereocenters. The van der Waals surface area contributed by atoms with Crippen molar-refractivity contribution in [3.63, 3.8) is 0 Å². The molecule has 2 N–H and O–H groups in total. The molecule has 0 saturated heterocycles. The van der Waals surface area contributed by atoms with Crippen LogP contribution >= 0.6 is 23.2 Å². The SMILES string of the molecule is [N-]=[N+]=NCC1(O)CCC(F)(C(=O)NCc2ccc(Cl)cc2Cl)c2cccnc21. The summed E-state index contributed by atoms with van der Waals surface area (Å²) >= 11 is 11.9. The van der Waals surface area contributed by atoms with Crippen molar-refractivity contribution in [2.75, 3.05) is 6.54 Å². The fourth-order valence-corrected chi connectivity index (χ4v) is 3.72. The number of halogens is 3. The van der Waals surface area contributed by atoms with Crippen LogP contribution in [0.15, 0.2) is 41.6 Å². The smallest absolute Gasteiger partial charge is 0.262 e. The first-order chi connectivity index (χ1) is 13.3. The third-order valence-electron chi connectivity index (χ3n) is 4.77. The molecule has 0 bridgehead atoms. The molecule has 0 aliphatic heterocycles. The van der Waals surface area contributed by atoms with Crippen LogP contribution in [-0.2, 0) is 22.6 Å². The Morgan fingerprint density at radius 3 is 2.89 bits per heavy atom. The van der Waals surface area contributed by atoms with Crippen LogP contribution in [0, 0.1) is 0 Å². The van der Waals surface area contributed by atoms with E-state index in [-0.39, 0.29) is 37.2 Å². The lowest BCUT2D eigenvalue weighted by molar-refractivity contribution is -0.137. The van der Waals surface area contributed by atoms with Gasteiger partial charge in [0.1, 0.15) is 5.60 Å². The van der Waals surface area contributed by atoms with E-state index >= 15 is 4.39 Å². The highest BCUT2D eigenvalue weighted by Crippen LogP contribution is 2.45. The molecular weight excluding hydrogens is 408 g/mol. The Morgan fingerprint density at radius 1 is 1.39 bits per heavy atom. The molecule has 1 aliphatic carbocycles. The summed E-state index contributed by atoms with van der Waals surface area (Å²) in [6.45, 7) is -0.287. The van der Waals surface area contributed by atoms with Crippen LogP contribution in [0.3, 0.4) is 0 Å². The minimum atomic E-state index is -2.38. The van der Waals surface area contributed by atoms with E-state index in [2.05, 4.69) is 20.3 Å². The molecule has 1 heterocycles. The second kappa shape index (κ2) is 7.93. The Morgan fingerprint density at radius 2 is 2.18 bits per heavy atom. The summed E-state index contributed by atoms with van der Waals surface area (Å²) in [6, 6.07) is 7.68. The molecule has 1 aromatic heterocycles. The Hall–Kier alpha value is -2.38. The number of pyridine rings is 1. The van der Waals surface area contributed by atoms with Crippen molar-refractivity contribution in [2.45, 2.75) is 30.7 Å². The molecule has 0 spiro atoms. The highest BCUT2D eigenvalue weighted by atomic mass is 35.5. The van der Waals surface area contributed by atoms with Gasteiger partial charge < -0.3 is 10.4 Å². The summed E-state index contributed by atoms with van der Waals surface area (Å²) in [5.74, 6) is -0.862. The number of aromatic nitrogens is 1. The van der Waals surface area contributed by atoms with Gasteiger partial charge in [0.05, 0.1) is 12.2 Å². The number of aliphatic hydroxyl groups is 1. The predicted molar refractivity (Wildman–Crippen MR) is 102 cm³/mol. The van der Waals surface area contributed by atoms with Gasteiger partial charge in [0.15, 0.2) is 0 Å². The van der Waals surface area contributed by atoms with Gasteiger partial charge in [0.2, 0.25) is 5.67 Å². The summed E-state index contributed by atoms with van der Waals surface area (Å²) < 4.78 is 15.8. The lowest BCUT2D eigenvalue weighted by Gasteiger charge is -2.38. The van der Waals surface area contributed by atoms with E-state index < -0.39 is 17.2 Å². The molecule has 1 aromatic carbocycles. The minimum absolute atomic E-state index is 0.00387. The summed E-state index contributed by atoms with van der Waals surface area (Å²) in [5, 5.41) is 17.5. The van der Waals surface area contributed by atoms with Gasteiger partial charge in [-0.05, 0) is 42.1 Å². The highest BCUT2D eigenvalue weighted by Gasteiger charge is 2.51. The molecule has 146 valence electrons. The average molecular weight is 424 g/mol. The third kappa shape index (κ3) is 3.77. The van der Waals surface area contributed by atoms with Gasteiger partial charge in [-0.2, -0.15) is 0 Å². The van der Waals surface area contributed by atoms with Crippen LogP contribution in [0.2, 0.25) is 10.0 Å². The second-order valence-electron chi connectivity index (χ2n) is 6.54. The zero-order valence-corrected chi connectivity index (χ0v) is 16.1. The minimum Gasteiger partial charge on any atom is -0.383 e. The molecule has 10 heteroatoms. The molecule has 1 aliphatic rings. The van der Waals surface area contributed by atoms with Crippen LogP contribution in [0.5, 0.6) is 0 Å². The summed E-state index contributed by atoms with van der Waals surface area (Å²) in [6.07, 6.45) is 0.974. The van der Waals surface area contributed by atoms with Gasteiger partial charge in [-0.3, -0.25) is 9.78 Å². The zero-order valence-electron chi connectivity index (χ0n) is 14.6. The fraction of sp³-hybridized carbons (Fsp3) is 0.333. The molecule has 0 saturated carbocycles. The average Bonchev–Trinajstić information content (AvgIpc) is 2.69. The van der Waals surface area contributed by atoms with E-state index in [4.69, 9.17) is 28.7 Å². The molecule has 0 radical (unpaired) electrons. The monoisotopic (exact) mass is 423 g/mol. The molecular formula is C18H16Cl2FN5O2. The standard InChI is InChI=1S/C18H16Cl2FN5O2/c19-12-4-3-11(14(20)8-12)9-24-16(27)18(21)6-5-17(28,10-25-26-22)15-13(18)2-1-7-23-15/h1-4,7-8,28H,5-6,9-10H2,(H,24,27). The molecule has 0 fully saturated rings. The van der Waals surface area contributed by atoms with E-state index in [0.717, 1.165) is 0 Å². The number of fused-ring (bicyclic) bond motifs is 1. The van der Waals surface area contributed by atoms with Crippen molar-refractivity contribution in [3.8, 4) is 0 Å². The highest BCUT2D eigenvalue weighted by molar-refractivity contribution is 6.35. The number of hydrogen-bond acceptors (Lipinski definition) is 4. The normalized spacial score (nSPS) is 23.4. The molecule has 3 rings (SSSR count). The Kier molecular flexibility index (Phi) is 5.76. The lowest BCUT2D eigenvalue weighted by Crippen LogP contribution is -2.48. The number of azide groups is 1. The van der Waals surface area contributed by atoms with E-state index in [1.54, 1.807) is 12.1 Å². The summed E-state index contributed by atoms with van der Waals surface area (Å²) in [5.41, 5.74) is 5.07. The maximum atomic E-state index is 15.8. The van der Waals surface area contributed by atoms with Crippen LogP contribution in [0.25, 0.3) is 10.4 Å². The zero-order chi connectivity index (χ0) is 20.4. The van der Waals surface area contributed by atoms with Crippen LogP contribution in [0.4, 0.5) is 4.39 Å². The van der Waals surface area contributed by atoms with Gasteiger partial charge in [-0.1, -0.05) is 40.4 Å².